The van der Waals surface area contributed by atoms with Crippen LogP contribution in [-0.4, -0.2) is 32.5 Å². The van der Waals surface area contributed by atoms with E-state index in [1.807, 2.05) is 68.4 Å². The van der Waals surface area contributed by atoms with Crippen LogP contribution in [0.5, 0.6) is 11.5 Å². The first kappa shape index (κ1) is 17.2. The fourth-order valence-corrected chi connectivity index (χ4v) is 2.07. The molecule has 0 saturated carbocycles. The third kappa shape index (κ3) is 6.61. The van der Waals surface area contributed by atoms with Crippen LogP contribution in [0.3, 0.4) is 0 Å². The molecule has 0 heterocycles. The number of anilines is 1. The smallest absolute Gasteiger partial charge is 0.119 e. The van der Waals surface area contributed by atoms with E-state index in [2.05, 4.69) is 5.32 Å². The fraction of sp³-hybridized carbons (Fsp3) is 0.368. The van der Waals surface area contributed by atoms with Gasteiger partial charge in [0.1, 0.15) is 24.2 Å². The molecule has 0 fully saturated rings. The summed E-state index contributed by atoms with van der Waals surface area (Å²) in [6.07, 6.45) is 0.0829. The van der Waals surface area contributed by atoms with E-state index >= 15 is 0 Å². The Kier molecular flexibility index (Phi) is 7.27. The van der Waals surface area contributed by atoms with Gasteiger partial charge < -0.3 is 19.5 Å². The summed E-state index contributed by atoms with van der Waals surface area (Å²) in [7, 11) is 0. The van der Waals surface area contributed by atoms with Crippen LogP contribution in [0.15, 0.2) is 54.6 Å². The Bertz CT molecular complexity index is 542. The molecule has 1 atom stereocenters. The van der Waals surface area contributed by atoms with Gasteiger partial charge in [0.25, 0.3) is 0 Å². The number of hydrogen-bond donors (Lipinski definition) is 1. The average Bonchev–Trinajstić information content (AvgIpc) is 2.59. The van der Waals surface area contributed by atoms with E-state index in [0.29, 0.717) is 13.2 Å². The van der Waals surface area contributed by atoms with Gasteiger partial charge in [-0.1, -0.05) is 18.2 Å². The number of ether oxygens (including phenoxy) is 3. The maximum Gasteiger partial charge on any atom is 0.119 e. The predicted octanol–water partition coefficient (Wildman–Crippen LogP) is 3.98. The maximum atomic E-state index is 5.83. The summed E-state index contributed by atoms with van der Waals surface area (Å²) in [6.45, 7) is 6.66. The highest BCUT2D eigenvalue weighted by molar-refractivity contribution is 5.46. The third-order valence-electron chi connectivity index (χ3n) is 3.23. The summed E-state index contributed by atoms with van der Waals surface area (Å²) in [6, 6.07) is 17.8. The second-order valence-electron chi connectivity index (χ2n) is 5.19. The van der Waals surface area contributed by atoms with E-state index in [9.17, 15) is 0 Å². The molecular weight excluding hydrogens is 290 g/mol. The van der Waals surface area contributed by atoms with Crippen LogP contribution in [0.4, 0.5) is 5.69 Å². The number of benzene rings is 2. The third-order valence-corrected chi connectivity index (χ3v) is 3.23. The van der Waals surface area contributed by atoms with Gasteiger partial charge in [-0.15, -0.1) is 0 Å². The van der Waals surface area contributed by atoms with Crippen LogP contribution in [-0.2, 0) is 4.74 Å². The highest BCUT2D eigenvalue weighted by Crippen LogP contribution is 2.16. The summed E-state index contributed by atoms with van der Waals surface area (Å²) >= 11 is 0. The minimum atomic E-state index is 0.0829. The van der Waals surface area contributed by atoms with Gasteiger partial charge >= 0.3 is 0 Å². The second-order valence-corrected chi connectivity index (χ2v) is 5.19. The van der Waals surface area contributed by atoms with Gasteiger partial charge in [-0.2, -0.15) is 0 Å². The van der Waals surface area contributed by atoms with Gasteiger partial charge in [0.05, 0.1) is 13.2 Å². The Morgan fingerprint density at radius 1 is 0.913 bits per heavy atom. The highest BCUT2D eigenvalue weighted by Gasteiger charge is 2.03. The Hall–Kier alpha value is -2.20. The van der Waals surface area contributed by atoms with Crippen molar-refractivity contribution in [1.82, 2.24) is 0 Å². The van der Waals surface area contributed by atoms with Gasteiger partial charge in [0.15, 0.2) is 0 Å². The van der Waals surface area contributed by atoms with Crippen LogP contribution in [0.1, 0.15) is 13.8 Å². The first-order chi connectivity index (χ1) is 11.3. The Morgan fingerprint density at radius 2 is 1.65 bits per heavy atom. The molecule has 0 aliphatic rings. The molecule has 0 bridgehead atoms. The van der Waals surface area contributed by atoms with Crippen molar-refractivity contribution >= 4 is 5.69 Å². The molecule has 0 spiro atoms. The van der Waals surface area contributed by atoms with Crippen LogP contribution in [0, 0.1) is 0 Å². The molecule has 0 aliphatic heterocycles. The molecule has 0 aliphatic carbocycles. The van der Waals surface area contributed by atoms with Crippen LogP contribution in [0.2, 0.25) is 0 Å². The van der Waals surface area contributed by atoms with Gasteiger partial charge in [0.2, 0.25) is 0 Å². The van der Waals surface area contributed by atoms with Gasteiger partial charge in [-0.05, 0) is 50.2 Å². The second kappa shape index (κ2) is 9.74. The van der Waals surface area contributed by atoms with E-state index in [1.54, 1.807) is 0 Å². The maximum absolute atomic E-state index is 5.83. The van der Waals surface area contributed by atoms with E-state index in [4.69, 9.17) is 14.2 Å². The largest absolute Gasteiger partial charge is 0.491 e. The molecule has 0 radical (unpaired) electrons. The topological polar surface area (TPSA) is 39.7 Å². The molecule has 0 amide bonds. The van der Waals surface area contributed by atoms with Crippen molar-refractivity contribution in [2.24, 2.45) is 0 Å². The molecule has 0 saturated heterocycles. The lowest BCUT2D eigenvalue weighted by Gasteiger charge is -2.16. The number of hydrogen-bond acceptors (Lipinski definition) is 4. The zero-order valence-corrected chi connectivity index (χ0v) is 13.8. The normalized spacial score (nSPS) is 11.7. The lowest BCUT2D eigenvalue weighted by Crippen LogP contribution is -2.22. The minimum absolute atomic E-state index is 0.0829. The lowest BCUT2D eigenvalue weighted by atomic mass is 10.3. The minimum Gasteiger partial charge on any atom is -0.491 e. The summed E-state index contributed by atoms with van der Waals surface area (Å²) in [4.78, 5) is 0. The molecule has 1 N–H and O–H groups in total. The summed E-state index contributed by atoms with van der Waals surface area (Å²) in [5.41, 5.74) is 1.05. The van der Waals surface area contributed by atoms with Crippen LogP contribution >= 0.6 is 0 Å². The molecule has 2 aromatic rings. The van der Waals surface area contributed by atoms with Crippen LogP contribution < -0.4 is 14.8 Å². The number of rotatable bonds is 10. The SMILES string of the molecule is CCOCCOc1ccc(NCC(C)Oc2ccccc2)cc1. The van der Waals surface area contributed by atoms with Gasteiger partial charge in [0, 0.05) is 12.3 Å². The number of para-hydroxylation sites is 1. The summed E-state index contributed by atoms with van der Waals surface area (Å²) in [5.74, 6) is 1.74. The molecule has 2 rings (SSSR count). The summed E-state index contributed by atoms with van der Waals surface area (Å²) < 4.78 is 16.7. The van der Waals surface area contributed by atoms with Crippen molar-refractivity contribution < 1.29 is 14.2 Å². The zero-order valence-electron chi connectivity index (χ0n) is 13.8. The van der Waals surface area contributed by atoms with Crippen molar-refractivity contribution in [3.63, 3.8) is 0 Å². The van der Waals surface area contributed by atoms with Crippen molar-refractivity contribution in [2.45, 2.75) is 20.0 Å². The highest BCUT2D eigenvalue weighted by atomic mass is 16.5. The van der Waals surface area contributed by atoms with E-state index < -0.39 is 0 Å². The fourth-order valence-electron chi connectivity index (χ4n) is 2.07. The Labute approximate surface area is 138 Å². The average molecular weight is 315 g/mol. The standard InChI is InChI=1S/C19H25NO3/c1-3-21-13-14-22-18-11-9-17(10-12-18)20-15-16(2)23-19-7-5-4-6-8-19/h4-12,16,20H,3,13-15H2,1-2H3. The molecule has 23 heavy (non-hydrogen) atoms. The number of nitrogens with one attached hydrogen (secondary N) is 1. The molecule has 1 unspecified atom stereocenters. The molecular formula is C19H25NO3. The summed E-state index contributed by atoms with van der Waals surface area (Å²) in [5, 5.41) is 3.36. The van der Waals surface area contributed by atoms with Gasteiger partial charge in [-0.3, -0.25) is 0 Å². The van der Waals surface area contributed by atoms with Crippen molar-refractivity contribution in [2.75, 3.05) is 31.7 Å². The van der Waals surface area contributed by atoms with Gasteiger partial charge in [-0.25, -0.2) is 0 Å². The quantitative estimate of drug-likeness (QED) is 0.673. The molecule has 124 valence electrons. The van der Waals surface area contributed by atoms with E-state index in [1.165, 1.54) is 0 Å². The van der Waals surface area contributed by atoms with E-state index in [0.717, 1.165) is 30.3 Å². The monoisotopic (exact) mass is 315 g/mol. The zero-order chi connectivity index (χ0) is 16.3. The van der Waals surface area contributed by atoms with Crippen molar-refractivity contribution in [3.8, 4) is 11.5 Å². The van der Waals surface area contributed by atoms with Crippen molar-refractivity contribution in [3.05, 3.63) is 54.6 Å². The Balaban J connectivity index is 1.71. The predicted molar refractivity (Wildman–Crippen MR) is 93.5 cm³/mol. The molecule has 4 nitrogen and oxygen atoms in total. The van der Waals surface area contributed by atoms with E-state index in [-0.39, 0.29) is 6.10 Å². The lowest BCUT2D eigenvalue weighted by molar-refractivity contribution is 0.110. The molecule has 4 heteroatoms. The molecule has 2 aromatic carbocycles. The van der Waals surface area contributed by atoms with Crippen molar-refractivity contribution in [1.29, 1.82) is 0 Å². The van der Waals surface area contributed by atoms with Crippen LogP contribution in [0.25, 0.3) is 0 Å². The molecule has 0 aromatic heterocycles. The first-order valence-corrected chi connectivity index (χ1v) is 8.04. The Morgan fingerprint density at radius 3 is 2.35 bits per heavy atom. The first-order valence-electron chi connectivity index (χ1n) is 8.04.